The Morgan fingerprint density at radius 3 is 2.88 bits per heavy atom. The van der Waals surface area contributed by atoms with Crippen LogP contribution in [0.5, 0.6) is 0 Å². The van der Waals surface area contributed by atoms with Gasteiger partial charge in [-0.2, -0.15) is 4.31 Å². The van der Waals surface area contributed by atoms with Crippen molar-refractivity contribution in [2.45, 2.75) is 11.3 Å². The van der Waals surface area contributed by atoms with Crippen LogP contribution in [-0.2, 0) is 10.0 Å². The van der Waals surface area contributed by atoms with Crippen molar-refractivity contribution >= 4 is 10.0 Å². The molecule has 0 aromatic carbocycles. The first-order chi connectivity index (χ1) is 8.04. The van der Waals surface area contributed by atoms with Crippen LogP contribution in [0.4, 0.5) is 4.39 Å². The summed E-state index contributed by atoms with van der Waals surface area (Å²) in [5, 5.41) is 0. The van der Waals surface area contributed by atoms with Gasteiger partial charge in [-0.1, -0.05) is 0 Å². The van der Waals surface area contributed by atoms with Crippen LogP contribution in [0.1, 0.15) is 6.42 Å². The lowest BCUT2D eigenvalue weighted by Gasteiger charge is -2.15. The molecule has 1 aliphatic rings. The van der Waals surface area contributed by atoms with Crippen molar-refractivity contribution in [3.63, 3.8) is 0 Å². The highest BCUT2D eigenvalue weighted by Gasteiger charge is 2.32. The summed E-state index contributed by atoms with van der Waals surface area (Å²) in [5.74, 6) is -0.466. The van der Waals surface area contributed by atoms with Crippen LogP contribution in [-0.4, -0.2) is 37.3 Å². The molecule has 2 rings (SSSR count). The molecule has 0 saturated carbocycles. The number of nitrogens with zero attached hydrogens (tertiary/aromatic N) is 2. The third-order valence-electron chi connectivity index (χ3n) is 2.90. The van der Waals surface area contributed by atoms with E-state index in [1.54, 1.807) is 0 Å². The molecule has 1 aliphatic heterocycles. The lowest BCUT2D eigenvalue weighted by atomic mass is 10.1. The monoisotopic (exact) mass is 259 g/mol. The minimum absolute atomic E-state index is 0.102. The summed E-state index contributed by atoms with van der Waals surface area (Å²) in [6.45, 7) is 1.30. The third-order valence-corrected chi connectivity index (χ3v) is 4.73. The number of pyridine rings is 1. The Morgan fingerprint density at radius 2 is 2.29 bits per heavy atom. The number of rotatable bonds is 3. The van der Waals surface area contributed by atoms with Crippen LogP contribution in [0.2, 0.25) is 0 Å². The SMILES string of the molecule is NCC1CCN(S(=O)(=O)c2cncc(F)c2)C1. The molecule has 0 spiro atoms. The van der Waals surface area contributed by atoms with Crippen LogP contribution in [0.25, 0.3) is 0 Å². The second-order valence-corrected chi connectivity index (χ2v) is 6.03. The number of hydrogen-bond donors (Lipinski definition) is 1. The third kappa shape index (κ3) is 2.46. The summed E-state index contributed by atoms with van der Waals surface area (Å²) in [6.07, 6.45) is 2.89. The van der Waals surface area contributed by atoms with E-state index in [0.29, 0.717) is 19.6 Å². The van der Waals surface area contributed by atoms with Crippen molar-refractivity contribution in [3.05, 3.63) is 24.3 Å². The van der Waals surface area contributed by atoms with E-state index in [2.05, 4.69) is 4.98 Å². The number of sulfonamides is 1. The quantitative estimate of drug-likeness (QED) is 0.840. The average molecular weight is 259 g/mol. The van der Waals surface area contributed by atoms with Gasteiger partial charge < -0.3 is 5.73 Å². The van der Waals surface area contributed by atoms with Crippen LogP contribution in [0, 0.1) is 11.7 Å². The van der Waals surface area contributed by atoms with Gasteiger partial charge in [-0.15, -0.1) is 0 Å². The maximum absolute atomic E-state index is 13.0. The molecule has 1 fully saturated rings. The van der Waals surface area contributed by atoms with Crippen LogP contribution < -0.4 is 5.73 Å². The second-order valence-electron chi connectivity index (χ2n) is 4.09. The Bertz CT molecular complexity index is 506. The second kappa shape index (κ2) is 4.67. The highest BCUT2D eigenvalue weighted by Crippen LogP contribution is 2.23. The standard InChI is InChI=1S/C10H14FN3O2S/c11-9-3-10(6-13-5-9)17(15,16)14-2-1-8(4-12)7-14/h3,5-6,8H,1-2,4,7,12H2. The molecule has 0 bridgehead atoms. The number of aromatic nitrogens is 1. The van der Waals surface area contributed by atoms with Crippen molar-refractivity contribution in [2.24, 2.45) is 11.7 Å². The minimum atomic E-state index is -3.63. The summed E-state index contributed by atoms with van der Waals surface area (Å²) >= 11 is 0. The van der Waals surface area contributed by atoms with Gasteiger partial charge in [0.25, 0.3) is 0 Å². The van der Waals surface area contributed by atoms with Crippen molar-refractivity contribution in [1.82, 2.24) is 9.29 Å². The van der Waals surface area contributed by atoms with E-state index >= 15 is 0 Å². The van der Waals surface area contributed by atoms with Gasteiger partial charge >= 0.3 is 0 Å². The number of hydrogen-bond acceptors (Lipinski definition) is 4. The van der Waals surface area contributed by atoms with Gasteiger partial charge in [-0.25, -0.2) is 12.8 Å². The Balaban J connectivity index is 2.25. The molecule has 1 saturated heterocycles. The molecule has 94 valence electrons. The summed E-state index contributed by atoms with van der Waals surface area (Å²) in [5.41, 5.74) is 5.51. The highest BCUT2D eigenvalue weighted by molar-refractivity contribution is 7.89. The normalized spacial score (nSPS) is 21.9. The first kappa shape index (κ1) is 12.4. The molecular weight excluding hydrogens is 245 g/mol. The zero-order chi connectivity index (χ0) is 12.5. The molecular formula is C10H14FN3O2S. The van der Waals surface area contributed by atoms with Gasteiger partial charge in [-0.05, 0) is 24.9 Å². The summed E-state index contributed by atoms with van der Waals surface area (Å²) < 4.78 is 38.5. The zero-order valence-electron chi connectivity index (χ0n) is 9.21. The van der Waals surface area contributed by atoms with E-state index in [0.717, 1.165) is 24.9 Å². The molecule has 1 atom stereocenters. The topological polar surface area (TPSA) is 76.3 Å². The van der Waals surface area contributed by atoms with Crippen molar-refractivity contribution < 1.29 is 12.8 Å². The summed E-state index contributed by atoms with van der Waals surface area (Å²) in [7, 11) is -3.63. The zero-order valence-corrected chi connectivity index (χ0v) is 10.0. The fourth-order valence-corrected chi connectivity index (χ4v) is 3.40. The maximum atomic E-state index is 13.0. The number of nitrogens with two attached hydrogens (primary N) is 1. The Kier molecular flexibility index (Phi) is 3.41. The van der Waals surface area contributed by atoms with E-state index in [9.17, 15) is 12.8 Å². The molecule has 1 aromatic heterocycles. The Hall–Kier alpha value is -1.05. The van der Waals surface area contributed by atoms with Crippen molar-refractivity contribution in [2.75, 3.05) is 19.6 Å². The van der Waals surface area contributed by atoms with Crippen molar-refractivity contribution in [1.29, 1.82) is 0 Å². The fourth-order valence-electron chi connectivity index (χ4n) is 1.89. The first-order valence-corrected chi connectivity index (χ1v) is 6.79. The van der Waals surface area contributed by atoms with Gasteiger partial charge in [0.15, 0.2) is 0 Å². The minimum Gasteiger partial charge on any atom is -0.330 e. The summed E-state index contributed by atoms with van der Waals surface area (Å²) in [6, 6.07) is 0.984. The lowest BCUT2D eigenvalue weighted by molar-refractivity contribution is 0.458. The maximum Gasteiger partial charge on any atom is 0.244 e. The number of halogens is 1. The molecule has 0 radical (unpaired) electrons. The average Bonchev–Trinajstić information content (AvgIpc) is 2.78. The van der Waals surface area contributed by atoms with E-state index in [-0.39, 0.29) is 10.8 Å². The predicted octanol–water partition coefficient (Wildman–Crippen LogP) is 0.190. The molecule has 1 aromatic rings. The smallest absolute Gasteiger partial charge is 0.244 e. The molecule has 0 aliphatic carbocycles. The summed E-state index contributed by atoms with van der Waals surface area (Å²) in [4.78, 5) is 3.45. The highest BCUT2D eigenvalue weighted by atomic mass is 32.2. The van der Waals surface area contributed by atoms with Gasteiger partial charge in [0.05, 0.1) is 6.20 Å². The van der Waals surface area contributed by atoms with Crippen LogP contribution in [0.3, 0.4) is 0 Å². The van der Waals surface area contributed by atoms with Gasteiger partial charge in [-0.3, -0.25) is 4.98 Å². The van der Waals surface area contributed by atoms with Gasteiger partial charge in [0, 0.05) is 19.3 Å². The van der Waals surface area contributed by atoms with Gasteiger partial charge in [0.2, 0.25) is 10.0 Å². The predicted molar refractivity (Wildman–Crippen MR) is 60.1 cm³/mol. The first-order valence-electron chi connectivity index (χ1n) is 5.35. The molecule has 2 heterocycles. The van der Waals surface area contributed by atoms with Gasteiger partial charge in [0.1, 0.15) is 10.7 Å². The van der Waals surface area contributed by atoms with E-state index in [1.807, 2.05) is 0 Å². The molecule has 7 heteroatoms. The Labute approximate surface area is 99.5 Å². The fraction of sp³-hybridized carbons (Fsp3) is 0.500. The largest absolute Gasteiger partial charge is 0.330 e. The van der Waals surface area contributed by atoms with E-state index in [1.165, 1.54) is 4.31 Å². The lowest BCUT2D eigenvalue weighted by Crippen LogP contribution is -2.30. The molecule has 2 N–H and O–H groups in total. The Morgan fingerprint density at radius 1 is 1.53 bits per heavy atom. The molecule has 5 nitrogen and oxygen atoms in total. The van der Waals surface area contributed by atoms with Crippen LogP contribution in [0.15, 0.2) is 23.4 Å². The molecule has 0 amide bonds. The van der Waals surface area contributed by atoms with E-state index < -0.39 is 15.8 Å². The molecule has 17 heavy (non-hydrogen) atoms. The van der Waals surface area contributed by atoms with Crippen LogP contribution >= 0.6 is 0 Å². The molecule has 1 unspecified atom stereocenters. The van der Waals surface area contributed by atoms with E-state index in [4.69, 9.17) is 5.73 Å². The van der Waals surface area contributed by atoms with Crippen molar-refractivity contribution in [3.8, 4) is 0 Å².